The van der Waals surface area contributed by atoms with Crippen molar-refractivity contribution in [3.05, 3.63) is 102 Å². The van der Waals surface area contributed by atoms with Gasteiger partial charge >= 0.3 is 12.2 Å². The van der Waals surface area contributed by atoms with Crippen molar-refractivity contribution in [2.45, 2.75) is 31.5 Å². The highest BCUT2D eigenvalue weighted by atomic mass is 32.2. The number of carbonyl (C=O) groups excluding carboxylic acids is 2. The quantitative estimate of drug-likeness (QED) is 0.248. The minimum atomic E-state index is -3.97. The van der Waals surface area contributed by atoms with E-state index in [1.807, 2.05) is 67.6 Å². The fraction of sp³-hybridized carbons (Fsp3) is 0.286. The molecule has 0 saturated carbocycles. The van der Waals surface area contributed by atoms with Crippen LogP contribution in [0.1, 0.15) is 23.1 Å². The van der Waals surface area contributed by atoms with Crippen LogP contribution in [-0.2, 0) is 37.0 Å². The number of hydrogen-bond donors (Lipinski definition) is 1. The second-order valence-electron chi connectivity index (χ2n) is 8.46. The lowest BCUT2D eigenvalue weighted by Crippen LogP contribution is -2.37. The molecule has 38 heavy (non-hydrogen) atoms. The number of ether oxygens (including phenoxy) is 2. The molecule has 0 heterocycles. The lowest BCUT2D eigenvalue weighted by Gasteiger charge is -2.22. The van der Waals surface area contributed by atoms with Gasteiger partial charge in [-0.1, -0.05) is 78.4 Å². The van der Waals surface area contributed by atoms with Gasteiger partial charge in [0.1, 0.15) is 13.2 Å². The maximum Gasteiger partial charge on any atom is 0.410 e. The fourth-order valence-electron chi connectivity index (χ4n) is 3.37. The zero-order chi connectivity index (χ0) is 27.2. The van der Waals surface area contributed by atoms with E-state index in [1.54, 1.807) is 12.1 Å². The normalized spacial score (nSPS) is 11.0. The number of nitrogens with one attached hydrogen (secondary N) is 1. The number of amides is 2. The highest BCUT2D eigenvalue weighted by Crippen LogP contribution is 2.13. The van der Waals surface area contributed by atoms with Gasteiger partial charge in [0.05, 0.1) is 11.5 Å². The summed E-state index contributed by atoms with van der Waals surface area (Å²) >= 11 is 0. The summed E-state index contributed by atoms with van der Waals surface area (Å²) in [5.74, 6) is 0. The highest BCUT2D eigenvalue weighted by molar-refractivity contribution is 7.86. The average molecular weight is 541 g/mol. The van der Waals surface area contributed by atoms with Crippen LogP contribution >= 0.6 is 0 Å². The molecule has 3 rings (SSSR count). The molecular formula is C28H32N2O7S. The van der Waals surface area contributed by atoms with Crippen molar-refractivity contribution in [1.29, 1.82) is 0 Å². The van der Waals surface area contributed by atoms with Crippen molar-refractivity contribution >= 4 is 22.3 Å². The first kappa shape index (κ1) is 28.7. The first-order valence-electron chi connectivity index (χ1n) is 12.2. The predicted octanol–water partition coefficient (Wildman–Crippen LogP) is 4.66. The third-order valence-electron chi connectivity index (χ3n) is 5.46. The van der Waals surface area contributed by atoms with E-state index in [-0.39, 0.29) is 44.4 Å². The molecule has 0 saturated heterocycles. The predicted molar refractivity (Wildman–Crippen MR) is 142 cm³/mol. The van der Waals surface area contributed by atoms with Crippen molar-refractivity contribution in [1.82, 2.24) is 10.2 Å². The standard InChI is InChI=1S/C28H32N2O7S/c1-23-13-15-26(16-14-23)38(33,34)37-20-19-30(28(32)36-22-25-11-6-3-7-12-25)18-8-17-29-27(31)35-21-24-9-4-2-5-10-24/h2-7,9-16H,8,17-22H2,1H3,(H,29,31). The summed E-state index contributed by atoms with van der Waals surface area (Å²) in [6.45, 7) is 2.27. The lowest BCUT2D eigenvalue weighted by molar-refractivity contribution is 0.0900. The second kappa shape index (κ2) is 14.7. The first-order valence-corrected chi connectivity index (χ1v) is 13.6. The molecule has 0 aliphatic carbocycles. The van der Waals surface area contributed by atoms with Crippen molar-refractivity contribution in [2.75, 3.05) is 26.2 Å². The molecule has 0 unspecified atom stereocenters. The Bertz CT molecular complexity index is 1250. The van der Waals surface area contributed by atoms with Crippen LogP contribution in [0.15, 0.2) is 89.8 Å². The van der Waals surface area contributed by atoms with Crippen LogP contribution in [-0.4, -0.2) is 51.7 Å². The summed E-state index contributed by atoms with van der Waals surface area (Å²) in [6, 6.07) is 24.8. The molecule has 0 aliphatic heterocycles. The van der Waals surface area contributed by atoms with Crippen LogP contribution in [0.4, 0.5) is 9.59 Å². The Morgan fingerprint density at radius 3 is 1.97 bits per heavy atom. The molecular weight excluding hydrogens is 508 g/mol. The van der Waals surface area contributed by atoms with E-state index in [0.717, 1.165) is 16.7 Å². The Labute approximate surface area is 223 Å². The summed E-state index contributed by atoms with van der Waals surface area (Å²) in [7, 11) is -3.97. The molecule has 3 aromatic rings. The van der Waals surface area contributed by atoms with Crippen LogP contribution in [0.3, 0.4) is 0 Å². The largest absolute Gasteiger partial charge is 0.445 e. The molecule has 0 radical (unpaired) electrons. The lowest BCUT2D eigenvalue weighted by atomic mass is 10.2. The number of alkyl carbamates (subject to hydrolysis) is 1. The molecule has 1 N–H and O–H groups in total. The van der Waals surface area contributed by atoms with Crippen molar-refractivity contribution in [3.8, 4) is 0 Å². The van der Waals surface area contributed by atoms with Crippen molar-refractivity contribution < 1.29 is 31.7 Å². The van der Waals surface area contributed by atoms with E-state index >= 15 is 0 Å². The average Bonchev–Trinajstić information content (AvgIpc) is 2.93. The molecule has 2 amide bonds. The van der Waals surface area contributed by atoms with Crippen molar-refractivity contribution in [2.24, 2.45) is 0 Å². The summed E-state index contributed by atoms with van der Waals surface area (Å²) in [5, 5.41) is 2.64. The minimum absolute atomic E-state index is 0.0167. The Kier molecular flexibility index (Phi) is 11.1. The van der Waals surface area contributed by atoms with Gasteiger partial charge in [-0.15, -0.1) is 0 Å². The molecule has 3 aromatic carbocycles. The molecule has 0 bridgehead atoms. The summed E-state index contributed by atoms with van der Waals surface area (Å²) < 4.78 is 40.7. The molecule has 0 spiro atoms. The molecule has 10 heteroatoms. The van der Waals surface area contributed by atoms with Gasteiger partial charge in [0.15, 0.2) is 0 Å². The van der Waals surface area contributed by atoms with Gasteiger partial charge in [0.2, 0.25) is 0 Å². The molecule has 202 valence electrons. The number of rotatable bonds is 13. The number of nitrogens with zero attached hydrogens (tertiary/aromatic N) is 1. The maximum atomic E-state index is 12.8. The van der Waals surface area contributed by atoms with Gasteiger partial charge < -0.3 is 19.7 Å². The number of hydrogen-bond acceptors (Lipinski definition) is 7. The highest BCUT2D eigenvalue weighted by Gasteiger charge is 2.19. The monoisotopic (exact) mass is 540 g/mol. The minimum Gasteiger partial charge on any atom is -0.445 e. The number of benzene rings is 3. The molecule has 9 nitrogen and oxygen atoms in total. The molecule has 0 fully saturated rings. The van der Waals surface area contributed by atoms with Gasteiger partial charge in [-0.25, -0.2) is 9.59 Å². The van der Waals surface area contributed by atoms with Gasteiger partial charge in [0.25, 0.3) is 10.1 Å². The van der Waals surface area contributed by atoms with Gasteiger partial charge in [-0.05, 0) is 36.6 Å². The van der Waals surface area contributed by atoms with Gasteiger partial charge in [-0.2, -0.15) is 8.42 Å². The number of aryl methyl sites for hydroxylation is 1. The van der Waals surface area contributed by atoms with E-state index in [1.165, 1.54) is 17.0 Å². The maximum absolute atomic E-state index is 12.8. The Morgan fingerprint density at radius 2 is 1.37 bits per heavy atom. The Morgan fingerprint density at radius 1 is 0.789 bits per heavy atom. The van der Waals surface area contributed by atoms with Gasteiger partial charge in [-0.3, -0.25) is 4.18 Å². The van der Waals surface area contributed by atoms with Gasteiger partial charge in [0, 0.05) is 19.6 Å². The Balaban J connectivity index is 1.49. The summed E-state index contributed by atoms with van der Waals surface area (Å²) in [4.78, 5) is 26.1. The summed E-state index contributed by atoms with van der Waals surface area (Å²) in [6.07, 6.45) is -0.789. The van der Waals surface area contributed by atoms with E-state index in [9.17, 15) is 18.0 Å². The van der Waals surface area contributed by atoms with Crippen LogP contribution in [0, 0.1) is 6.92 Å². The third kappa shape index (κ3) is 9.87. The fourth-order valence-corrected chi connectivity index (χ4v) is 4.27. The van der Waals surface area contributed by atoms with E-state index in [0.29, 0.717) is 6.42 Å². The smallest absolute Gasteiger partial charge is 0.410 e. The van der Waals surface area contributed by atoms with Crippen LogP contribution in [0.25, 0.3) is 0 Å². The van der Waals surface area contributed by atoms with Crippen molar-refractivity contribution in [3.63, 3.8) is 0 Å². The zero-order valence-corrected chi connectivity index (χ0v) is 22.1. The molecule has 0 atom stereocenters. The zero-order valence-electron chi connectivity index (χ0n) is 21.2. The van der Waals surface area contributed by atoms with Crippen LogP contribution < -0.4 is 5.32 Å². The van der Waals surface area contributed by atoms with Crippen LogP contribution in [0.2, 0.25) is 0 Å². The summed E-state index contributed by atoms with van der Waals surface area (Å²) in [5.41, 5.74) is 2.62. The number of carbonyl (C=O) groups is 2. The SMILES string of the molecule is Cc1ccc(S(=O)(=O)OCCN(CCCNC(=O)OCc2ccccc2)C(=O)OCc2ccccc2)cc1. The van der Waals surface area contributed by atoms with E-state index in [4.69, 9.17) is 13.7 Å². The van der Waals surface area contributed by atoms with E-state index < -0.39 is 22.3 Å². The topological polar surface area (TPSA) is 111 Å². The second-order valence-corrected chi connectivity index (χ2v) is 10.1. The van der Waals surface area contributed by atoms with E-state index in [2.05, 4.69) is 5.32 Å². The van der Waals surface area contributed by atoms with Crippen LogP contribution in [0.5, 0.6) is 0 Å². The first-order chi connectivity index (χ1) is 18.3. The Hall–Kier alpha value is -3.89. The third-order valence-corrected chi connectivity index (χ3v) is 6.79. The molecule has 0 aliphatic rings. The molecule has 0 aromatic heterocycles.